The van der Waals surface area contributed by atoms with Crippen molar-refractivity contribution in [3.63, 3.8) is 0 Å². The lowest BCUT2D eigenvalue weighted by Crippen LogP contribution is -2.45. The number of terminal acetylenes is 1. The lowest BCUT2D eigenvalue weighted by Gasteiger charge is -2.35. The Kier molecular flexibility index (Phi) is 4.86. The molecule has 2 heterocycles. The number of rotatable bonds is 3. The molecule has 0 saturated carbocycles. The van der Waals surface area contributed by atoms with Crippen molar-refractivity contribution in [3.05, 3.63) is 41.7 Å². The fraction of sp³-hybridized carbons (Fsp3) is 0.350. The van der Waals surface area contributed by atoms with E-state index in [1.54, 1.807) is 7.11 Å². The predicted molar refractivity (Wildman–Crippen MR) is 99.7 cm³/mol. The fourth-order valence-corrected chi connectivity index (χ4v) is 2.86. The van der Waals surface area contributed by atoms with E-state index in [1.165, 1.54) is 0 Å². The molecular weight excluding hydrogens is 312 g/mol. The summed E-state index contributed by atoms with van der Waals surface area (Å²) in [6.07, 6.45) is 7.36. The number of fused-ring (bicyclic) bond motifs is 1. The van der Waals surface area contributed by atoms with Crippen molar-refractivity contribution >= 4 is 5.84 Å². The molecule has 0 radical (unpaired) electrons. The van der Waals surface area contributed by atoms with Crippen LogP contribution in [0.1, 0.15) is 12.5 Å². The molecule has 0 saturated heterocycles. The zero-order valence-electron chi connectivity index (χ0n) is 14.9. The van der Waals surface area contributed by atoms with Crippen LogP contribution in [0.2, 0.25) is 0 Å². The lowest BCUT2D eigenvalue weighted by molar-refractivity contribution is 0.253. The molecule has 1 aromatic carbocycles. The molecule has 0 N–H and O–H groups in total. The van der Waals surface area contributed by atoms with E-state index in [1.807, 2.05) is 31.3 Å². The molecule has 2 aliphatic heterocycles. The Morgan fingerprint density at radius 2 is 2.08 bits per heavy atom. The molecule has 0 bridgehead atoms. The predicted octanol–water partition coefficient (Wildman–Crippen LogP) is 1.79. The van der Waals surface area contributed by atoms with Crippen molar-refractivity contribution in [2.75, 3.05) is 33.9 Å². The molecule has 128 valence electrons. The number of hydrogen-bond acceptors (Lipinski definition) is 5. The molecule has 0 fully saturated rings. The van der Waals surface area contributed by atoms with E-state index in [-0.39, 0.29) is 6.17 Å². The van der Waals surface area contributed by atoms with Crippen molar-refractivity contribution in [2.45, 2.75) is 13.1 Å². The van der Waals surface area contributed by atoms with Crippen LogP contribution in [-0.4, -0.2) is 60.6 Å². The normalized spacial score (nSPS) is 18.6. The Bertz CT molecular complexity index is 792. The Morgan fingerprint density at radius 1 is 1.32 bits per heavy atom. The van der Waals surface area contributed by atoms with Gasteiger partial charge in [0.05, 0.1) is 26.0 Å². The largest absolute Gasteiger partial charge is 0.497 e. The van der Waals surface area contributed by atoms with E-state index < -0.39 is 0 Å². The van der Waals surface area contributed by atoms with Gasteiger partial charge >= 0.3 is 0 Å². The highest BCUT2D eigenvalue weighted by Gasteiger charge is 2.33. The van der Waals surface area contributed by atoms with E-state index >= 15 is 0 Å². The van der Waals surface area contributed by atoms with Gasteiger partial charge in [0.2, 0.25) is 0 Å². The van der Waals surface area contributed by atoms with Crippen molar-refractivity contribution in [3.8, 4) is 29.9 Å². The van der Waals surface area contributed by atoms with Gasteiger partial charge in [-0.05, 0) is 37.1 Å². The summed E-state index contributed by atoms with van der Waals surface area (Å²) in [6.45, 7) is 4.35. The van der Waals surface area contributed by atoms with E-state index in [0.29, 0.717) is 6.54 Å². The van der Waals surface area contributed by atoms with Crippen LogP contribution in [0.5, 0.6) is 5.75 Å². The van der Waals surface area contributed by atoms with Gasteiger partial charge in [-0.1, -0.05) is 11.8 Å². The van der Waals surface area contributed by atoms with Gasteiger partial charge in [-0.15, -0.1) is 6.42 Å². The van der Waals surface area contributed by atoms with E-state index in [0.717, 1.165) is 36.1 Å². The lowest BCUT2D eigenvalue weighted by atomic mass is 10.2. The number of methoxy groups -OCH3 is 1. The Morgan fingerprint density at radius 3 is 2.72 bits per heavy atom. The maximum Gasteiger partial charge on any atom is 0.186 e. The van der Waals surface area contributed by atoms with Crippen LogP contribution in [0, 0.1) is 24.2 Å². The maximum absolute atomic E-state index is 5.46. The van der Waals surface area contributed by atoms with E-state index in [2.05, 4.69) is 45.6 Å². The number of amidine groups is 1. The minimum absolute atomic E-state index is 0.191. The molecule has 0 amide bonds. The van der Waals surface area contributed by atoms with Crippen molar-refractivity contribution in [1.29, 1.82) is 0 Å². The highest BCUT2D eigenvalue weighted by Crippen LogP contribution is 2.25. The third-order valence-electron chi connectivity index (χ3n) is 4.29. The smallest absolute Gasteiger partial charge is 0.186 e. The number of ether oxygens (including phenoxy) is 1. The molecular formula is C20H22N4O. The van der Waals surface area contributed by atoms with Crippen LogP contribution in [0.25, 0.3) is 0 Å². The van der Waals surface area contributed by atoms with Crippen molar-refractivity contribution < 1.29 is 4.74 Å². The first-order valence-corrected chi connectivity index (χ1v) is 8.27. The summed E-state index contributed by atoms with van der Waals surface area (Å²) in [5.74, 6) is 11.0. The molecule has 0 aliphatic carbocycles. The number of hydrogen-bond donors (Lipinski definition) is 0. The summed E-state index contributed by atoms with van der Waals surface area (Å²) in [5.41, 5.74) is 2.01. The minimum atomic E-state index is -0.191. The number of likely N-dealkylation sites (N-methyl/N-ethyl adjacent to an activating group) is 2. The average Bonchev–Trinajstić information content (AvgIpc) is 2.96. The van der Waals surface area contributed by atoms with Crippen LogP contribution in [0.15, 0.2) is 41.2 Å². The highest BCUT2D eigenvalue weighted by molar-refractivity contribution is 6.00. The first-order chi connectivity index (χ1) is 12.2. The molecule has 0 aromatic heterocycles. The molecule has 0 spiro atoms. The van der Waals surface area contributed by atoms with Gasteiger partial charge in [0.1, 0.15) is 5.75 Å². The third kappa shape index (κ3) is 3.41. The number of benzene rings is 1. The fourth-order valence-electron chi connectivity index (χ4n) is 2.86. The van der Waals surface area contributed by atoms with Crippen LogP contribution < -0.4 is 4.74 Å². The minimum Gasteiger partial charge on any atom is -0.497 e. The van der Waals surface area contributed by atoms with Gasteiger partial charge in [0, 0.05) is 25.4 Å². The monoisotopic (exact) mass is 334 g/mol. The van der Waals surface area contributed by atoms with Crippen molar-refractivity contribution in [1.82, 2.24) is 14.7 Å². The van der Waals surface area contributed by atoms with Gasteiger partial charge in [-0.2, -0.15) is 0 Å². The summed E-state index contributed by atoms with van der Waals surface area (Å²) in [5, 5.41) is 0. The Hall–Kier alpha value is -3.05. The molecule has 3 rings (SSSR count). The number of nitrogens with zero attached hydrogens (tertiary/aromatic N) is 4. The molecule has 2 aliphatic rings. The van der Waals surface area contributed by atoms with Gasteiger partial charge in [0.15, 0.2) is 12.0 Å². The third-order valence-corrected chi connectivity index (χ3v) is 4.29. The quantitative estimate of drug-likeness (QED) is 0.789. The van der Waals surface area contributed by atoms with E-state index in [4.69, 9.17) is 16.2 Å². The van der Waals surface area contributed by atoms with Gasteiger partial charge < -0.3 is 19.4 Å². The summed E-state index contributed by atoms with van der Waals surface area (Å²) < 4.78 is 5.17. The first-order valence-electron chi connectivity index (χ1n) is 8.27. The summed E-state index contributed by atoms with van der Waals surface area (Å²) in [6, 6.07) is 7.72. The second-order valence-corrected chi connectivity index (χ2v) is 5.90. The zero-order chi connectivity index (χ0) is 17.8. The molecule has 5 heteroatoms. The average molecular weight is 334 g/mol. The van der Waals surface area contributed by atoms with Gasteiger partial charge in [0.25, 0.3) is 0 Å². The molecule has 1 aromatic rings. The summed E-state index contributed by atoms with van der Waals surface area (Å²) in [4.78, 5) is 11.2. The topological polar surface area (TPSA) is 31.3 Å². The van der Waals surface area contributed by atoms with Crippen molar-refractivity contribution in [2.24, 2.45) is 4.99 Å². The van der Waals surface area contributed by atoms with Crippen LogP contribution in [-0.2, 0) is 0 Å². The highest BCUT2D eigenvalue weighted by atomic mass is 16.5. The Balaban J connectivity index is 1.83. The van der Waals surface area contributed by atoms with E-state index in [9.17, 15) is 0 Å². The standard InChI is InChI=1S/C20H22N4O/c1-5-13-23-14-18-20(24(6-2)15-23)21-19(22(18)3)12-9-16-7-10-17(25-4)11-8-16/h1,7-8,10-11,14,19H,6,13,15H2,2-4H3. The van der Waals surface area contributed by atoms with Crippen LogP contribution in [0.4, 0.5) is 0 Å². The second-order valence-electron chi connectivity index (χ2n) is 5.90. The maximum atomic E-state index is 5.46. The molecule has 1 atom stereocenters. The number of aliphatic imine (C=N–C) groups is 1. The summed E-state index contributed by atoms with van der Waals surface area (Å²) >= 11 is 0. The zero-order valence-corrected chi connectivity index (χ0v) is 14.9. The Labute approximate surface area is 149 Å². The van der Waals surface area contributed by atoms with Gasteiger partial charge in [-0.3, -0.25) is 0 Å². The second kappa shape index (κ2) is 7.23. The van der Waals surface area contributed by atoms with Crippen LogP contribution >= 0.6 is 0 Å². The summed E-state index contributed by atoms with van der Waals surface area (Å²) in [7, 11) is 3.67. The molecule has 5 nitrogen and oxygen atoms in total. The van der Waals surface area contributed by atoms with Crippen LogP contribution in [0.3, 0.4) is 0 Å². The first kappa shape index (κ1) is 16.8. The molecule has 25 heavy (non-hydrogen) atoms. The SMILES string of the molecule is C#CCN1C=C2C(=NC(C#Cc3ccc(OC)cc3)N2C)N(CC)C1. The molecule has 1 unspecified atom stereocenters. The van der Waals surface area contributed by atoms with Gasteiger partial charge in [-0.25, -0.2) is 4.99 Å².